The Bertz CT molecular complexity index is 1630. The zero-order valence-electron chi connectivity index (χ0n) is 18.4. The lowest BCUT2D eigenvalue weighted by atomic mass is 10.0. The first kappa shape index (κ1) is 21.7. The highest BCUT2D eigenvalue weighted by Crippen LogP contribution is 2.32. The third-order valence-electron chi connectivity index (χ3n) is 5.43. The SMILES string of the molecule is N#Cc1c(-c2cn(-c3ccccc3)nc2-c2ccc(OCc3ccccc3)cc2)[nH]c(=O)[nH]c1=O. The average molecular weight is 461 g/mol. The van der Waals surface area contributed by atoms with Crippen molar-refractivity contribution in [1.82, 2.24) is 19.7 Å². The molecule has 0 aliphatic carbocycles. The number of benzene rings is 3. The van der Waals surface area contributed by atoms with E-state index in [9.17, 15) is 14.9 Å². The summed E-state index contributed by atoms with van der Waals surface area (Å²) < 4.78 is 7.52. The third kappa shape index (κ3) is 4.51. The minimum atomic E-state index is -0.755. The molecule has 0 fully saturated rings. The molecule has 2 aromatic heterocycles. The van der Waals surface area contributed by atoms with Gasteiger partial charge in [-0.1, -0.05) is 48.5 Å². The van der Waals surface area contributed by atoms with Crippen LogP contribution in [0.1, 0.15) is 11.1 Å². The Kier molecular flexibility index (Phi) is 5.80. The van der Waals surface area contributed by atoms with Crippen LogP contribution in [-0.2, 0) is 6.61 Å². The molecule has 8 nitrogen and oxygen atoms in total. The van der Waals surface area contributed by atoms with Gasteiger partial charge in [0.05, 0.1) is 11.4 Å². The lowest BCUT2D eigenvalue weighted by Gasteiger charge is -2.08. The van der Waals surface area contributed by atoms with Crippen molar-refractivity contribution in [2.24, 2.45) is 0 Å². The molecule has 0 radical (unpaired) electrons. The van der Waals surface area contributed by atoms with Gasteiger partial charge in [-0.05, 0) is 42.0 Å². The molecule has 35 heavy (non-hydrogen) atoms. The Morgan fingerprint density at radius 1 is 0.886 bits per heavy atom. The molecule has 3 aromatic carbocycles. The first-order valence-corrected chi connectivity index (χ1v) is 10.8. The number of ether oxygens (including phenoxy) is 1. The third-order valence-corrected chi connectivity index (χ3v) is 5.43. The smallest absolute Gasteiger partial charge is 0.326 e. The van der Waals surface area contributed by atoms with Crippen LogP contribution in [-0.4, -0.2) is 19.7 Å². The minimum Gasteiger partial charge on any atom is -0.489 e. The number of aromatic amines is 2. The van der Waals surface area contributed by atoms with Gasteiger partial charge in [0.1, 0.15) is 29.7 Å². The van der Waals surface area contributed by atoms with Crippen molar-refractivity contribution < 1.29 is 4.74 Å². The van der Waals surface area contributed by atoms with Crippen LogP contribution in [0.25, 0.3) is 28.2 Å². The molecule has 0 spiro atoms. The van der Waals surface area contributed by atoms with Gasteiger partial charge < -0.3 is 9.72 Å². The molecule has 170 valence electrons. The number of hydrogen-bond donors (Lipinski definition) is 2. The standard InChI is InChI=1S/C27H19N5O3/c28-15-22-25(29-27(34)30-26(22)33)23-16-32(20-9-5-2-6-10-20)31-24(23)19-11-13-21(14-12-19)35-17-18-7-3-1-4-8-18/h1-14,16H,17H2,(H2,29,30,33,34). The molecule has 0 unspecified atom stereocenters. The van der Waals surface area contributed by atoms with Crippen LogP contribution in [0, 0.1) is 11.3 Å². The average Bonchev–Trinajstić information content (AvgIpc) is 3.34. The predicted octanol–water partition coefficient (Wildman–Crippen LogP) is 4.03. The van der Waals surface area contributed by atoms with Crippen LogP contribution < -0.4 is 16.0 Å². The van der Waals surface area contributed by atoms with E-state index < -0.39 is 11.2 Å². The van der Waals surface area contributed by atoms with Crippen molar-refractivity contribution in [3.63, 3.8) is 0 Å². The summed E-state index contributed by atoms with van der Waals surface area (Å²) in [4.78, 5) is 29.0. The second kappa shape index (κ2) is 9.37. The summed E-state index contributed by atoms with van der Waals surface area (Å²) in [6.07, 6.45) is 1.69. The number of aromatic nitrogens is 4. The van der Waals surface area contributed by atoms with Gasteiger partial charge in [-0.25, -0.2) is 9.48 Å². The van der Waals surface area contributed by atoms with Gasteiger partial charge in [0.25, 0.3) is 5.56 Å². The van der Waals surface area contributed by atoms with Crippen molar-refractivity contribution in [2.45, 2.75) is 6.61 Å². The molecule has 5 aromatic rings. The molecule has 0 aliphatic heterocycles. The molecule has 0 saturated carbocycles. The maximum Gasteiger partial charge on any atom is 0.326 e. The Hall–Kier alpha value is -5.16. The van der Waals surface area contributed by atoms with Crippen LogP contribution in [0.5, 0.6) is 5.75 Å². The zero-order chi connectivity index (χ0) is 24.2. The summed E-state index contributed by atoms with van der Waals surface area (Å²) in [6, 6.07) is 28.5. The van der Waals surface area contributed by atoms with Gasteiger partial charge in [0, 0.05) is 17.3 Å². The molecule has 2 heterocycles. The number of hydrogen-bond acceptors (Lipinski definition) is 5. The molecular formula is C27H19N5O3. The van der Waals surface area contributed by atoms with E-state index in [1.165, 1.54) is 0 Å². The molecular weight excluding hydrogens is 442 g/mol. The Morgan fingerprint density at radius 2 is 1.57 bits per heavy atom. The van der Waals surface area contributed by atoms with Crippen LogP contribution in [0.2, 0.25) is 0 Å². The summed E-state index contributed by atoms with van der Waals surface area (Å²) in [6.45, 7) is 0.438. The van der Waals surface area contributed by atoms with Crippen molar-refractivity contribution in [3.8, 4) is 40.0 Å². The van der Waals surface area contributed by atoms with Gasteiger partial charge in [-0.3, -0.25) is 9.78 Å². The van der Waals surface area contributed by atoms with Crippen molar-refractivity contribution >= 4 is 0 Å². The van der Waals surface area contributed by atoms with Crippen LogP contribution in [0.4, 0.5) is 0 Å². The normalized spacial score (nSPS) is 10.6. The summed E-state index contributed by atoms with van der Waals surface area (Å²) >= 11 is 0. The maximum atomic E-state index is 12.3. The second-order valence-corrected chi connectivity index (χ2v) is 7.74. The summed E-state index contributed by atoms with van der Waals surface area (Å²) in [7, 11) is 0. The van der Waals surface area contributed by atoms with Gasteiger partial charge in [-0.15, -0.1) is 0 Å². The molecule has 2 N–H and O–H groups in total. The second-order valence-electron chi connectivity index (χ2n) is 7.74. The summed E-state index contributed by atoms with van der Waals surface area (Å²) in [5.41, 5.74) is 1.99. The molecule has 0 aliphatic rings. The van der Waals surface area contributed by atoms with Crippen LogP contribution in [0.3, 0.4) is 0 Å². The van der Waals surface area contributed by atoms with Gasteiger partial charge in [-0.2, -0.15) is 10.4 Å². The topological polar surface area (TPSA) is 117 Å². The number of H-pyrrole nitrogens is 2. The van der Waals surface area contributed by atoms with E-state index in [0.29, 0.717) is 23.6 Å². The van der Waals surface area contributed by atoms with Gasteiger partial charge in [0.15, 0.2) is 0 Å². The number of rotatable bonds is 6. The molecule has 0 atom stereocenters. The van der Waals surface area contributed by atoms with E-state index in [2.05, 4.69) is 9.97 Å². The van der Waals surface area contributed by atoms with Crippen molar-refractivity contribution in [3.05, 3.63) is 123 Å². The summed E-state index contributed by atoms with van der Waals surface area (Å²) in [5.74, 6) is 0.684. The maximum absolute atomic E-state index is 12.3. The van der Waals surface area contributed by atoms with E-state index in [1.807, 2.05) is 91.0 Å². The van der Waals surface area contributed by atoms with E-state index in [4.69, 9.17) is 9.84 Å². The highest BCUT2D eigenvalue weighted by atomic mass is 16.5. The van der Waals surface area contributed by atoms with E-state index in [0.717, 1.165) is 16.8 Å². The molecule has 0 saturated heterocycles. The fourth-order valence-corrected chi connectivity index (χ4v) is 3.73. The largest absolute Gasteiger partial charge is 0.489 e. The first-order chi connectivity index (χ1) is 17.1. The van der Waals surface area contributed by atoms with E-state index >= 15 is 0 Å². The fraction of sp³-hybridized carbons (Fsp3) is 0.0370. The molecule has 0 bridgehead atoms. The Labute approximate surface area is 199 Å². The first-order valence-electron chi connectivity index (χ1n) is 10.8. The number of nitrogens with zero attached hydrogens (tertiary/aromatic N) is 3. The Balaban J connectivity index is 1.57. The molecule has 5 rings (SSSR count). The fourth-order valence-electron chi connectivity index (χ4n) is 3.73. The molecule has 8 heteroatoms. The predicted molar refractivity (Wildman–Crippen MR) is 131 cm³/mol. The van der Waals surface area contributed by atoms with Crippen molar-refractivity contribution in [2.75, 3.05) is 0 Å². The van der Waals surface area contributed by atoms with Crippen LogP contribution >= 0.6 is 0 Å². The molecule has 0 amide bonds. The van der Waals surface area contributed by atoms with Gasteiger partial charge >= 0.3 is 5.69 Å². The number of para-hydroxylation sites is 1. The number of nitriles is 1. The monoisotopic (exact) mass is 461 g/mol. The highest BCUT2D eigenvalue weighted by Gasteiger charge is 2.20. The summed E-state index contributed by atoms with van der Waals surface area (Å²) in [5, 5.41) is 14.3. The lowest BCUT2D eigenvalue weighted by molar-refractivity contribution is 0.306. The van der Waals surface area contributed by atoms with Crippen LogP contribution in [0.15, 0.2) is 101 Å². The van der Waals surface area contributed by atoms with E-state index in [-0.39, 0.29) is 11.3 Å². The zero-order valence-corrected chi connectivity index (χ0v) is 18.4. The lowest BCUT2D eigenvalue weighted by Crippen LogP contribution is -2.25. The number of nitrogens with one attached hydrogen (secondary N) is 2. The quantitative estimate of drug-likeness (QED) is 0.396. The van der Waals surface area contributed by atoms with Gasteiger partial charge in [0.2, 0.25) is 0 Å². The Morgan fingerprint density at radius 3 is 2.26 bits per heavy atom. The highest BCUT2D eigenvalue weighted by molar-refractivity contribution is 5.81. The van der Waals surface area contributed by atoms with Crippen molar-refractivity contribution in [1.29, 1.82) is 5.26 Å². The minimum absolute atomic E-state index is 0.114. The van der Waals surface area contributed by atoms with E-state index in [1.54, 1.807) is 10.9 Å².